The normalized spacial score (nSPS) is 13.0. The Kier molecular flexibility index (Phi) is 22.4. The quantitative estimate of drug-likeness (QED) is 0.0651. The summed E-state index contributed by atoms with van der Waals surface area (Å²) < 4.78 is 38.4. The van der Waals surface area contributed by atoms with E-state index in [0.29, 0.717) is 20.8 Å². The van der Waals surface area contributed by atoms with Gasteiger partial charge in [0, 0.05) is 47.6 Å². The van der Waals surface area contributed by atoms with Gasteiger partial charge in [0.05, 0.1) is 41.9 Å². The molecular weight excluding hydrogens is 1820 g/mol. The van der Waals surface area contributed by atoms with Crippen molar-refractivity contribution < 1.29 is 36.8 Å². The van der Waals surface area contributed by atoms with E-state index in [9.17, 15) is 20.2 Å². The number of benzene rings is 21. The maximum absolute atomic E-state index is 11.9. The molecule has 0 bridgehead atoms. The highest BCUT2D eigenvalue weighted by molar-refractivity contribution is 9.10. The van der Waals surface area contributed by atoms with E-state index in [1.807, 2.05) is 115 Å². The van der Waals surface area contributed by atoms with Crippen molar-refractivity contribution in [1.82, 2.24) is 0 Å². The zero-order valence-electron chi connectivity index (χ0n) is 73.7. The second-order valence-electron chi connectivity index (χ2n) is 35.0. The van der Waals surface area contributed by atoms with Crippen LogP contribution in [0.4, 0.5) is 11.4 Å². The van der Waals surface area contributed by atoms with E-state index in [4.69, 9.17) is 27.0 Å². The molecule has 650 valence electrons. The third-order valence-corrected chi connectivity index (χ3v) is 29.8. The number of halogens is 2. The summed E-state index contributed by atoms with van der Waals surface area (Å²) in [5.41, 5.74) is 14.5. The lowest BCUT2D eigenvalue weighted by molar-refractivity contribution is -0.383. The summed E-state index contributed by atoms with van der Waals surface area (Å²) in [5.74, 6) is 0. The molecule has 4 aromatic heterocycles. The summed E-state index contributed by atoms with van der Waals surface area (Å²) in [7, 11) is -0.824. The molecule has 0 amide bonds. The lowest BCUT2D eigenvalue weighted by Gasteiger charge is -2.32. The number of rotatable bonds is 7. The smallest absolute Gasteiger partial charge is 0.456 e. The molecule has 0 saturated carbocycles. The Morgan fingerprint density at radius 3 is 1.07 bits per heavy atom. The van der Waals surface area contributed by atoms with Gasteiger partial charge in [-0.2, -0.15) is 0 Å². The zero-order chi connectivity index (χ0) is 91.7. The van der Waals surface area contributed by atoms with Gasteiger partial charge in [-0.15, -0.1) is 0 Å². The Bertz CT molecular complexity index is 8900. The maximum Gasteiger partial charge on any atom is 0.494 e. The molecule has 27 rings (SSSR count). The highest BCUT2D eigenvalue weighted by atomic mass is 79.9. The van der Waals surface area contributed by atoms with Gasteiger partial charge >= 0.3 is 7.12 Å². The second kappa shape index (κ2) is 35.4. The Labute approximate surface area is 794 Å². The average molecular weight is 1900 g/mol. The summed E-state index contributed by atoms with van der Waals surface area (Å²) >= 11 is 6.65. The maximum atomic E-state index is 11.9. The topological polar surface area (TPSA) is 157 Å². The molecule has 135 heavy (non-hydrogen) atoms. The van der Waals surface area contributed by atoms with Gasteiger partial charge in [-0.3, -0.25) is 20.2 Å². The molecule has 5 heterocycles. The van der Waals surface area contributed by atoms with Crippen LogP contribution in [-0.4, -0.2) is 28.2 Å². The standard InChI is InChI=1S/C27H16O.C26H15NO3.C22H21BO3.C18H15P.C16H9BrO.C10H6BrNO2/c1-2-7-18-14-26-24(11-17(18)6-1)25-13-19-12-23-20-8-4-3-5-16(20)9-10-21(23)22(19)15-27(25)28-26;28-27(29)26-20-8-4-3-5-16(20)9-11-21(26)19-10-12-22-23-13-17-6-1-2-7-18(17)14-25(23)30-24(22)15-19;1-21(2)22(3,4)26-23(25-21)16-9-10-17-18-11-14-7-5-6-8-15(14)12-19(18)24-20(17)13-16;1-4-10-16(11-5-1)19(17-12-6-2-7-13-17)18-14-8-3-9-15-18;17-12-5-6-13-14-7-10-3-1-2-4-11(10)8-15(14)18-16(13)9-12;11-9-6-5-7-3-1-2-4-8(7)10(9)12(13)14/h1-11,13-15H,12H2;1-15H;5-13H,1-4H3;1-15H;1-9H;1-6H. The van der Waals surface area contributed by atoms with Crippen LogP contribution >= 0.6 is 39.8 Å². The van der Waals surface area contributed by atoms with Crippen LogP contribution in [0.3, 0.4) is 0 Å². The van der Waals surface area contributed by atoms with E-state index >= 15 is 0 Å². The van der Waals surface area contributed by atoms with Crippen molar-refractivity contribution in [2.24, 2.45) is 0 Å². The number of nitro groups is 2. The van der Waals surface area contributed by atoms with Gasteiger partial charge in [0.1, 0.15) is 44.7 Å². The summed E-state index contributed by atoms with van der Waals surface area (Å²) in [5, 5.41) is 51.3. The van der Waals surface area contributed by atoms with Crippen molar-refractivity contribution in [2.45, 2.75) is 45.3 Å². The van der Waals surface area contributed by atoms with Crippen molar-refractivity contribution in [2.75, 3.05) is 0 Å². The summed E-state index contributed by atoms with van der Waals surface area (Å²) in [4.78, 5) is 22.1. The van der Waals surface area contributed by atoms with Crippen LogP contribution in [0.15, 0.2) is 439 Å². The average Bonchev–Trinajstić information content (AvgIpc) is 1.57. The Morgan fingerprint density at radius 2 is 0.615 bits per heavy atom. The van der Waals surface area contributed by atoms with Crippen LogP contribution in [-0.2, 0) is 15.7 Å². The molecule has 16 heteroatoms. The van der Waals surface area contributed by atoms with Crippen molar-refractivity contribution in [3.05, 3.63) is 453 Å². The van der Waals surface area contributed by atoms with Crippen LogP contribution < -0.4 is 21.4 Å². The van der Waals surface area contributed by atoms with Crippen LogP contribution in [0.2, 0.25) is 0 Å². The van der Waals surface area contributed by atoms with Gasteiger partial charge in [0.15, 0.2) is 0 Å². The molecule has 0 atom stereocenters. The van der Waals surface area contributed by atoms with E-state index < -0.39 is 7.92 Å². The molecule has 21 aromatic carbocycles. The highest BCUT2D eigenvalue weighted by Gasteiger charge is 2.52. The van der Waals surface area contributed by atoms with E-state index in [-0.39, 0.29) is 39.5 Å². The van der Waals surface area contributed by atoms with Gasteiger partial charge < -0.3 is 27.0 Å². The predicted octanol–water partition coefficient (Wildman–Crippen LogP) is 32.4. The van der Waals surface area contributed by atoms with Crippen LogP contribution in [0, 0.1) is 20.2 Å². The van der Waals surface area contributed by atoms with Crippen molar-refractivity contribution in [1.29, 1.82) is 0 Å². The Hall–Kier alpha value is -15.2. The number of nitrogens with zero attached hydrogens (tertiary/aromatic N) is 2. The predicted molar refractivity (Wildman–Crippen MR) is 567 cm³/mol. The number of nitro benzene ring substituents is 2. The third kappa shape index (κ3) is 16.4. The fraction of sp³-hybridized carbons (Fsp3) is 0.0588. The molecule has 1 aliphatic carbocycles. The molecule has 1 fully saturated rings. The molecule has 2 aliphatic rings. The third-order valence-electron chi connectivity index (χ3n) is 26.3. The molecule has 12 nitrogen and oxygen atoms in total. The number of hydrogen-bond acceptors (Lipinski definition) is 10. The van der Waals surface area contributed by atoms with E-state index in [1.54, 1.807) is 24.3 Å². The summed E-state index contributed by atoms with van der Waals surface area (Å²) in [6, 6.07) is 141. The minimum atomic E-state index is -0.446. The molecule has 0 N–H and O–H groups in total. The summed E-state index contributed by atoms with van der Waals surface area (Å²) in [6.07, 6.45) is 0.988. The van der Waals surface area contributed by atoms with Gasteiger partial charge in [0.2, 0.25) is 0 Å². The first-order valence-corrected chi connectivity index (χ1v) is 47.7. The largest absolute Gasteiger partial charge is 0.494 e. The molecule has 1 aliphatic heterocycles. The Morgan fingerprint density at radius 1 is 0.281 bits per heavy atom. The number of hydrogen-bond donors (Lipinski definition) is 0. The van der Waals surface area contributed by atoms with Crippen molar-refractivity contribution in [3.8, 4) is 22.3 Å². The highest BCUT2D eigenvalue weighted by Crippen LogP contribution is 2.47. The van der Waals surface area contributed by atoms with Crippen molar-refractivity contribution >= 4 is 243 Å². The minimum Gasteiger partial charge on any atom is -0.456 e. The lowest BCUT2D eigenvalue weighted by atomic mass is 9.79. The van der Waals surface area contributed by atoms with E-state index in [2.05, 4.69) is 333 Å². The Balaban J connectivity index is 0.0000000957. The number of furan rings is 4. The first kappa shape index (κ1) is 85.3. The van der Waals surface area contributed by atoms with Gasteiger partial charge in [-0.05, 0) is 293 Å². The zero-order valence-corrected chi connectivity index (χ0v) is 77.8. The van der Waals surface area contributed by atoms with Gasteiger partial charge in [-0.25, -0.2) is 0 Å². The van der Waals surface area contributed by atoms with Crippen LogP contribution in [0.25, 0.3) is 185 Å². The second-order valence-corrected chi connectivity index (χ2v) is 39.0. The molecular formula is C119H82BBr2N2O10P. The van der Waals surface area contributed by atoms with Crippen LogP contribution in [0.1, 0.15) is 38.8 Å². The van der Waals surface area contributed by atoms with Gasteiger partial charge in [0.25, 0.3) is 11.4 Å². The van der Waals surface area contributed by atoms with Crippen LogP contribution in [0.5, 0.6) is 0 Å². The fourth-order valence-electron chi connectivity index (χ4n) is 18.9. The first-order valence-electron chi connectivity index (χ1n) is 44.7. The van der Waals surface area contributed by atoms with Gasteiger partial charge in [-0.1, -0.05) is 307 Å². The SMILES string of the molecule is Brc1ccc2c(c1)oc1cc3ccccc3cc12.CC1(C)OB(c2ccc3c(c2)oc2cc4ccccc4cc23)OC1(C)C.O=[N+]([O-])c1c(-c2ccc3c(c2)oc2cc4ccccc4cc23)ccc2ccccc12.O=[N+]([O-])c1c(Br)ccc2ccccc12.c1ccc(P(c2ccccc2)c2ccccc2)cc1.c1ccc2cc3c(cc2c1)oc1cc2c(cc13)Cc1c-2ccc2ccccc12. The molecule has 25 aromatic rings. The summed E-state index contributed by atoms with van der Waals surface area (Å²) in [6.45, 7) is 8.27. The molecule has 0 radical (unpaired) electrons. The minimum absolute atomic E-state index is 0.120. The fourth-order valence-corrected chi connectivity index (χ4v) is 22.0. The molecule has 0 unspecified atom stereocenters. The van der Waals surface area contributed by atoms with E-state index in [0.717, 1.165) is 110 Å². The lowest BCUT2D eigenvalue weighted by Crippen LogP contribution is -2.41. The number of fused-ring (bicyclic) bond motifs is 23. The van der Waals surface area contributed by atoms with Crippen molar-refractivity contribution in [3.63, 3.8) is 0 Å². The van der Waals surface area contributed by atoms with E-state index in [1.165, 1.54) is 103 Å². The monoisotopic (exact) mass is 1900 g/mol. The first-order chi connectivity index (χ1) is 65.8. The molecule has 0 spiro atoms. The molecule has 1 saturated heterocycles.